The molecular weight excluding hydrogens is 296 g/mol. The maximum atomic E-state index is 12.5. The SMILES string of the molecule is Cc1cc(CS(=O)(=O)N2CCNCC2C(=O)N(C)C)no1. The Balaban J connectivity index is 2.21. The fraction of sp³-hybridized carbons (Fsp3) is 0.667. The highest BCUT2D eigenvalue weighted by Gasteiger charge is 2.37. The van der Waals surface area contributed by atoms with Gasteiger partial charge in [0.05, 0.1) is 0 Å². The molecule has 1 aliphatic heterocycles. The van der Waals surface area contributed by atoms with Crippen LogP contribution in [0, 0.1) is 6.92 Å². The third-order valence-electron chi connectivity index (χ3n) is 3.28. The second-order valence-electron chi connectivity index (χ2n) is 5.25. The van der Waals surface area contributed by atoms with Gasteiger partial charge in [-0.2, -0.15) is 4.31 Å². The molecule has 1 aromatic heterocycles. The van der Waals surface area contributed by atoms with E-state index in [1.54, 1.807) is 27.1 Å². The van der Waals surface area contributed by atoms with Crippen LogP contribution in [0.5, 0.6) is 0 Å². The number of hydrogen-bond donors (Lipinski definition) is 1. The molecule has 2 heterocycles. The minimum absolute atomic E-state index is 0.234. The Kier molecular flexibility index (Phi) is 4.64. The van der Waals surface area contributed by atoms with E-state index in [9.17, 15) is 13.2 Å². The maximum absolute atomic E-state index is 12.5. The lowest BCUT2D eigenvalue weighted by molar-refractivity contribution is -0.133. The van der Waals surface area contributed by atoms with Gasteiger partial charge in [0.25, 0.3) is 0 Å². The van der Waals surface area contributed by atoms with E-state index in [-0.39, 0.29) is 18.2 Å². The van der Waals surface area contributed by atoms with Gasteiger partial charge in [0, 0.05) is 39.8 Å². The smallest absolute Gasteiger partial charge is 0.241 e. The van der Waals surface area contributed by atoms with Crippen molar-refractivity contribution in [2.75, 3.05) is 33.7 Å². The van der Waals surface area contributed by atoms with Crippen LogP contribution in [0.1, 0.15) is 11.5 Å². The standard InChI is InChI=1S/C12H20N4O4S/c1-9-6-10(14-20-9)8-21(18,19)16-5-4-13-7-11(16)12(17)15(2)3/h6,11,13H,4-5,7-8H2,1-3H3. The number of hydrogen-bond acceptors (Lipinski definition) is 6. The first-order chi connectivity index (χ1) is 9.81. The fourth-order valence-corrected chi connectivity index (χ4v) is 3.88. The first-order valence-electron chi connectivity index (χ1n) is 6.65. The Morgan fingerprint density at radius 2 is 2.29 bits per heavy atom. The number of aryl methyl sites for hydroxylation is 1. The van der Waals surface area contributed by atoms with Crippen LogP contribution in [0.25, 0.3) is 0 Å². The van der Waals surface area contributed by atoms with Crippen LogP contribution in [0.15, 0.2) is 10.6 Å². The predicted octanol–water partition coefficient (Wildman–Crippen LogP) is -0.825. The van der Waals surface area contributed by atoms with Crippen molar-refractivity contribution in [3.05, 3.63) is 17.5 Å². The molecular formula is C12H20N4O4S. The number of nitrogens with zero attached hydrogens (tertiary/aromatic N) is 3. The Hall–Kier alpha value is -1.45. The molecule has 1 N–H and O–H groups in total. The summed E-state index contributed by atoms with van der Waals surface area (Å²) in [7, 11) is -0.400. The van der Waals surface area contributed by atoms with Gasteiger partial charge in [-0.1, -0.05) is 5.16 Å². The number of amides is 1. The molecule has 1 aromatic rings. The van der Waals surface area contributed by atoms with Crippen molar-refractivity contribution in [1.29, 1.82) is 0 Å². The molecule has 118 valence electrons. The maximum Gasteiger partial charge on any atom is 0.241 e. The molecule has 0 bridgehead atoms. The summed E-state index contributed by atoms with van der Waals surface area (Å²) in [6.45, 7) is 2.80. The molecule has 21 heavy (non-hydrogen) atoms. The van der Waals surface area contributed by atoms with Crippen molar-refractivity contribution in [3.8, 4) is 0 Å². The molecule has 2 rings (SSSR count). The number of nitrogens with one attached hydrogen (secondary N) is 1. The number of likely N-dealkylation sites (N-methyl/N-ethyl adjacent to an activating group) is 1. The van der Waals surface area contributed by atoms with Gasteiger partial charge >= 0.3 is 0 Å². The van der Waals surface area contributed by atoms with Crippen LogP contribution < -0.4 is 5.32 Å². The Morgan fingerprint density at radius 3 is 2.86 bits per heavy atom. The summed E-state index contributed by atoms with van der Waals surface area (Å²) >= 11 is 0. The summed E-state index contributed by atoms with van der Waals surface area (Å²) in [5.74, 6) is 0.0604. The lowest BCUT2D eigenvalue weighted by Crippen LogP contribution is -2.59. The van der Waals surface area contributed by atoms with Gasteiger partial charge in [0.15, 0.2) is 0 Å². The Bertz CT molecular complexity index is 611. The molecule has 0 spiro atoms. The van der Waals surface area contributed by atoms with E-state index in [1.807, 2.05) is 0 Å². The van der Waals surface area contributed by atoms with Crippen molar-refractivity contribution in [2.24, 2.45) is 0 Å². The normalized spacial score (nSPS) is 20.4. The summed E-state index contributed by atoms with van der Waals surface area (Å²) in [5, 5.41) is 6.76. The third-order valence-corrected chi connectivity index (χ3v) is 5.10. The van der Waals surface area contributed by atoms with Gasteiger partial charge in [-0.15, -0.1) is 0 Å². The highest BCUT2D eigenvalue weighted by atomic mass is 32.2. The first kappa shape index (κ1) is 15.9. The fourth-order valence-electron chi connectivity index (χ4n) is 2.28. The second-order valence-corrected chi connectivity index (χ2v) is 7.17. The van der Waals surface area contributed by atoms with E-state index < -0.39 is 16.1 Å². The molecule has 0 saturated carbocycles. The van der Waals surface area contributed by atoms with Crippen LogP contribution in [0.4, 0.5) is 0 Å². The average Bonchev–Trinajstić information content (AvgIpc) is 2.82. The van der Waals surface area contributed by atoms with Crippen molar-refractivity contribution < 1.29 is 17.7 Å². The molecule has 8 nitrogen and oxygen atoms in total. The van der Waals surface area contributed by atoms with E-state index in [1.165, 1.54) is 9.21 Å². The van der Waals surface area contributed by atoms with E-state index in [2.05, 4.69) is 10.5 Å². The molecule has 9 heteroatoms. The quantitative estimate of drug-likeness (QED) is 0.779. The minimum atomic E-state index is -3.63. The van der Waals surface area contributed by atoms with Crippen molar-refractivity contribution >= 4 is 15.9 Å². The molecule has 0 aliphatic carbocycles. The zero-order chi connectivity index (χ0) is 15.6. The highest BCUT2D eigenvalue weighted by molar-refractivity contribution is 7.88. The van der Waals surface area contributed by atoms with Gasteiger partial charge < -0.3 is 14.7 Å². The van der Waals surface area contributed by atoms with E-state index >= 15 is 0 Å². The molecule has 1 amide bonds. The number of aromatic nitrogens is 1. The van der Waals surface area contributed by atoms with E-state index in [0.29, 0.717) is 24.5 Å². The van der Waals surface area contributed by atoms with Gasteiger partial charge in [0.2, 0.25) is 15.9 Å². The molecule has 0 aromatic carbocycles. The summed E-state index contributed by atoms with van der Waals surface area (Å²) in [4.78, 5) is 13.6. The average molecular weight is 316 g/mol. The second kappa shape index (κ2) is 6.12. The number of rotatable bonds is 4. The molecule has 1 fully saturated rings. The minimum Gasteiger partial charge on any atom is -0.361 e. The predicted molar refractivity (Wildman–Crippen MR) is 75.9 cm³/mol. The molecule has 0 radical (unpaired) electrons. The van der Waals surface area contributed by atoms with Gasteiger partial charge in [-0.3, -0.25) is 4.79 Å². The topological polar surface area (TPSA) is 95.8 Å². The highest BCUT2D eigenvalue weighted by Crippen LogP contribution is 2.16. The van der Waals surface area contributed by atoms with Crippen LogP contribution in [-0.2, 0) is 20.6 Å². The number of piperazine rings is 1. The van der Waals surface area contributed by atoms with E-state index in [0.717, 1.165) is 0 Å². The molecule has 1 aliphatic rings. The molecule has 1 saturated heterocycles. The monoisotopic (exact) mass is 316 g/mol. The number of carbonyl (C=O) groups excluding carboxylic acids is 1. The summed E-state index contributed by atoms with van der Waals surface area (Å²) in [6, 6.07) is 0.870. The van der Waals surface area contributed by atoms with Crippen molar-refractivity contribution in [2.45, 2.75) is 18.7 Å². The van der Waals surface area contributed by atoms with Gasteiger partial charge in [-0.05, 0) is 6.92 Å². The lowest BCUT2D eigenvalue weighted by atomic mass is 10.2. The zero-order valence-corrected chi connectivity index (χ0v) is 13.2. The number of sulfonamides is 1. The lowest BCUT2D eigenvalue weighted by Gasteiger charge is -2.35. The van der Waals surface area contributed by atoms with Crippen molar-refractivity contribution in [1.82, 2.24) is 19.7 Å². The van der Waals surface area contributed by atoms with Crippen LogP contribution >= 0.6 is 0 Å². The zero-order valence-electron chi connectivity index (χ0n) is 12.4. The van der Waals surface area contributed by atoms with Crippen LogP contribution in [-0.4, -0.2) is 68.5 Å². The molecule has 1 atom stereocenters. The summed E-state index contributed by atoms with van der Waals surface area (Å²) in [5.41, 5.74) is 0.349. The summed E-state index contributed by atoms with van der Waals surface area (Å²) < 4.78 is 31.2. The Labute approximate surface area is 124 Å². The van der Waals surface area contributed by atoms with Crippen LogP contribution in [0.2, 0.25) is 0 Å². The number of carbonyl (C=O) groups is 1. The van der Waals surface area contributed by atoms with Gasteiger partial charge in [-0.25, -0.2) is 8.42 Å². The largest absolute Gasteiger partial charge is 0.361 e. The Morgan fingerprint density at radius 1 is 1.57 bits per heavy atom. The summed E-state index contributed by atoms with van der Waals surface area (Å²) in [6.07, 6.45) is 0. The first-order valence-corrected chi connectivity index (χ1v) is 8.26. The van der Waals surface area contributed by atoms with Crippen LogP contribution in [0.3, 0.4) is 0 Å². The third kappa shape index (κ3) is 3.60. The molecule has 1 unspecified atom stereocenters. The van der Waals surface area contributed by atoms with Gasteiger partial charge in [0.1, 0.15) is 23.2 Å². The van der Waals surface area contributed by atoms with E-state index in [4.69, 9.17) is 4.52 Å². The van der Waals surface area contributed by atoms with Crippen molar-refractivity contribution in [3.63, 3.8) is 0 Å².